The van der Waals surface area contributed by atoms with Gasteiger partial charge in [-0.05, 0) is 50.1 Å². The molecule has 1 heterocycles. The lowest BCUT2D eigenvalue weighted by molar-refractivity contribution is -0.123. The molecule has 1 aliphatic heterocycles. The SMILES string of the molecule is CCOc1cc(/C=C2/NC(=O)N(Cc3ccccc3)C2=O)ccc1OC(C)C. The summed E-state index contributed by atoms with van der Waals surface area (Å²) in [6.45, 7) is 6.51. The number of hydrogen-bond acceptors (Lipinski definition) is 4. The molecule has 2 aromatic carbocycles. The van der Waals surface area contributed by atoms with Crippen LogP contribution in [0.3, 0.4) is 0 Å². The van der Waals surface area contributed by atoms with E-state index in [4.69, 9.17) is 9.47 Å². The van der Waals surface area contributed by atoms with Crippen LogP contribution in [0.15, 0.2) is 54.2 Å². The lowest BCUT2D eigenvalue weighted by Gasteiger charge is -2.15. The highest BCUT2D eigenvalue weighted by molar-refractivity contribution is 6.13. The van der Waals surface area contributed by atoms with Crippen molar-refractivity contribution < 1.29 is 19.1 Å². The van der Waals surface area contributed by atoms with Gasteiger partial charge in [0, 0.05) is 0 Å². The van der Waals surface area contributed by atoms with E-state index in [1.807, 2.05) is 57.2 Å². The quantitative estimate of drug-likeness (QED) is 0.583. The minimum absolute atomic E-state index is 0.0191. The van der Waals surface area contributed by atoms with E-state index in [1.165, 1.54) is 4.90 Å². The number of carbonyl (C=O) groups excluding carboxylic acids is 2. The van der Waals surface area contributed by atoms with Crippen LogP contribution in [0, 0.1) is 0 Å². The number of nitrogens with zero attached hydrogens (tertiary/aromatic N) is 1. The molecule has 0 atom stereocenters. The molecule has 0 aliphatic carbocycles. The van der Waals surface area contributed by atoms with Gasteiger partial charge >= 0.3 is 6.03 Å². The van der Waals surface area contributed by atoms with Crippen molar-refractivity contribution in [3.63, 3.8) is 0 Å². The Morgan fingerprint density at radius 2 is 1.82 bits per heavy atom. The molecule has 0 radical (unpaired) electrons. The first kappa shape index (κ1) is 19.5. The molecule has 0 spiro atoms. The van der Waals surface area contributed by atoms with Crippen molar-refractivity contribution in [2.45, 2.75) is 33.4 Å². The Labute approximate surface area is 164 Å². The molecule has 0 bridgehead atoms. The molecule has 6 nitrogen and oxygen atoms in total. The molecule has 146 valence electrons. The maximum absolute atomic E-state index is 12.7. The van der Waals surface area contributed by atoms with Crippen LogP contribution in [0.2, 0.25) is 0 Å². The van der Waals surface area contributed by atoms with Crippen molar-refractivity contribution in [2.75, 3.05) is 6.61 Å². The van der Waals surface area contributed by atoms with Crippen LogP contribution >= 0.6 is 0 Å². The minimum Gasteiger partial charge on any atom is -0.490 e. The lowest BCUT2D eigenvalue weighted by atomic mass is 10.1. The van der Waals surface area contributed by atoms with Crippen LogP contribution in [-0.4, -0.2) is 29.5 Å². The normalized spacial score (nSPS) is 15.3. The third-order valence-electron chi connectivity index (χ3n) is 4.09. The second-order valence-electron chi connectivity index (χ2n) is 6.67. The number of hydrogen-bond donors (Lipinski definition) is 1. The number of nitrogens with one attached hydrogen (secondary N) is 1. The van der Waals surface area contributed by atoms with Gasteiger partial charge in [0.15, 0.2) is 11.5 Å². The van der Waals surface area contributed by atoms with E-state index in [0.717, 1.165) is 11.1 Å². The molecule has 0 saturated carbocycles. The summed E-state index contributed by atoms with van der Waals surface area (Å²) in [6.07, 6.45) is 1.66. The summed E-state index contributed by atoms with van der Waals surface area (Å²) in [7, 11) is 0. The maximum atomic E-state index is 12.7. The zero-order valence-electron chi connectivity index (χ0n) is 16.3. The maximum Gasteiger partial charge on any atom is 0.329 e. The second kappa shape index (κ2) is 8.61. The van der Waals surface area contributed by atoms with Gasteiger partial charge in [-0.3, -0.25) is 9.69 Å². The van der Waals surface area contributed by atoms with Gasteiger partial charge < -0.3 is 14.8 Å². The number of urea groups is 1. The summed E-state index contributed by atoms with van der Waals surface area (Å²) in [5, 5.41) is 2.65. The fraction of sp³-hybridized carbons (Fsp3) is 0.273. The third-order valence-corrected chi connectivity index (χ3v) is 4.09. The zero-order valence-corrected chi connectivity index (χ0v) is 16.3. The van der Waals surface area contributed by atoms with E-state index in [-0.39, 0.29) is 24.3 Å². The van der Waals surface area contributed by atoms with Crippen molar-refractivity contribution in [1.82, 2.24) is 10.2 Å². The van der Waals surface area contributed by atoms with Crippen molar-refractivity contribution >= 4 is 18.0 Å². The highest BCUT2D eigenvalue weighted by atomic mass is 16.5. The largest absolute Gasteiger partial charge is 0.490 e. The van der Waals surface area contributed by atoms with Gasteiger partial charge in [-0.15, -0.1) is 0 Å². The van der Waals surface area contributed by atoms with Crippen LogP contribution in [0.5, 0.6) is 11.5 Å². The van der Waals surface area contributed by atoms with Crippen LogP contribution in [-0.2, 0) is 11.3 Å². The fourth-order valence-electron chi connectivity index (χ4n) is 2.88. The molecule has 1 fully saturated rings. The number of rotatable bonds is 7. The Hall–Kier alpha value is -3.28. The Morgan fingerprint density at radius 1 is 1.07 bits per heavy atom. The van der Waals surface area contributed by atoms with E-state index in [2.05, 4.69) is 5.32 Å². The molecule has 1 saturated heterocycles. The minimum atomic E-state index is -0.426. The number of amides is 3. The molecule has 3 amide bonds. The summed E-state index contributed by atoms with van der Waals surface area (Å²) in [6, 6.07) is 14.4. The first-order valence-corrected chi connectivity index (χ1v) is 9.30. The van der Waals surface area contributed by atoms with Crippen LogP contribution in [0.25, 0.3) is 6.08 Å². The zero-order chi connectivity index (χ0) is 20.1. The molecule has 1 aliphatic rings. The van der Waals surface area contributed by atoms with Gasteiger partial charge in [-0.2, -0.15) is 0 Å². The monoisotopic (exact) mass is 380 g/mol. The molecule has 6 heteroatoms. The first-order valence-electron chi connectivity index (χ1n) is 9.30. The summed E-state index contributed by atoms with van der Waals surface area (Å²) < 4.78 is 11.4. The Morgan fingerprint density at radius 3 is 2.50 bits per heavy atom. The number of benzene rings is 2. The Balaban J connectivity index is 1.82. The Kier molecular flexibility index (Phi) is 5.99. The van der Waals surface area contributed by atoms with E-state index >= 15 is 0 Å². The van der Waals surface area contributed by atoms with Crippen molar-refractivity contribution in [2.24, 2.45) is 0 Å². The number of imide groups is 1. The standard InChI is InChI=1S/C22H24N2O4/c1-4-27-20-13-17(10-11-19(20)28-15(2)3)12-18-21(25)24(22(26)23-18)14-16-8-6-5-7-9-16/h5-13,15H,4,14H2,1-3H3,(H,23,26)/b18-12+. The Bertz CT molecular complexity index is 891. The summed E-state index contributed by atoms with van der Waals surface area (Å²) >= 11 is 0. The van der Waals surface area contributed by atoms with Gasteiger partial charge in [0.2, 0.25) is 0 Å². The molecular weight excluding hydrogens is 356 g/mol. The second-order valence-corrected chi connectivity index (χ2v) is 6.67. The van der Waals surface area contributed by atoms with Gasteiger partial charge in [-0.25, -0.2) is 4.79 Å². The number of ether oxygens (including phenoxy) is 2. The predicted molar refractivity (Wildman–Crippen MR) is 107 cm³/mol. The van der Waals surface area contributed by atoms with Gasteiger partial charge in [0.05, 0.1) is 19.3 Å². The number of carbonyl (C=O) groups is 2. The van der Waals surface area contributed by atoms with E-state index < -0.39 is 6.03 Å². The lowest BCUT2D eigenvalue weighted by Crippen LogP contribution is -2.30. The van der Waals surface area contributed by atoms with E-state index in [0.29, 0.717) is 18.1 Å². The van der Waals surface area contributed by atoms with Crippen LogP contribution in [0.1, 0.15) is 31.9 Å². The highest BCUT2D eigenvalue weighted by Gasteiger charge is 2.33. The third kappa shape index (κ3) is 4.52. The highest BCUT2D eigenvalue weighted by Crippen LogP contribution is 2.30. The summed E-state index contributed by atoms with van der Waals surface area (Å²) in [5.74, 6) is 0.893. The molecule has 28 heavy (non-hydrogen) atoms. The summed E-state index contributed by atoms with van der Waals surface area (Å²) in [4.78, 5) is 26.1. The molecule has 2 aromatic rings. The predicted octanol–water partition coefficient (Wildman–Crippen LogP) is 3.97. The molecular formula is C22H24N2O4. The van der Waals surface area contributed by atoms with Gasteiger partial charge in [0.1, 0.15) is 5.70 Å². The molecule has 0 unspecified atom stereocenters. The molecule has 0 aromatic heterocycles. The fourth-order valence-corrected chi connectivity index (χ4v) is 2.88. The van der Waals surface area contributed by atoms with Crippen LogP contribution < -0.4 is 14.8 Å². The smallest absolute Gasteiger partial charge is 0.329 e. The molecule has 3 rings (SSSR count). The topological polar surface area (TPSA) is 67.9 Å². The van der Waals surface area contributed by atoms with Gasteiger partial charge in [-0.1, -0.05) is 36.4 Å². The first-order chi connectivity index (χ1) is 13.5. The average Bonchev–Trinajstić information content (AvgIpc) is 2.92. The van der Waals surface area contributed by atoms with Crippen molar-refractivity contribution in [1.29, 1.82) is 0 Å². The average molecular weight is 380 g/mol. The van der Waals surface area contributed by atoms with Crippen molar-refractivity contribution in [3.8, 4) is 11.5 Å². The van der Waals surface area contributed by atoms with Crippen molar-refractivity contribution in [3.05, 3.63) is 65.4 Å². The molecule has 1 N–H and O–H groups in total. The van der Waals surface area contributed by atoms with E-state index in [9.17, 15) is 9.59 Å². The summed E-state index contributed by atoms with van der Waals surface area (Å²) in [5.41, 5.74) is 1.87. The van der Waals surface area contributed by atoms with Gasteiger partial charge in [0.25, 0.3) is 5.91 Å². The van der Waals surface area contributed by atoms with E-state index in [1.54, 1.807) is 18.2 Å². The van der Waals surface area contributed by atoms with Crippen LogP contribution in [0.4, 0.5) is 4.79 Å².